The van der Waals surface area contributed by atoms with Crippen LogP contribution in [-0.2, 0) is 19.1 Å². The Kier molecular flexibility index (Phi) is 5.64. The zero-order valence-corrected chi connectivity index (χ0v) is 17.4. The van der Waals surface area contributed by atoms with Crippen molar-refractivity contribution in [2.75, 3.05) is 6.54 Å². The zero-order chi connectivity index (χ0) is 20.7. The summed E-state index contributed by atoms with van der Waals surface area (Å²) in [5.74, 6) is -0.630. The summed E-state index contributed by atoms with van der Waals surface area (Å²) in [6, 6.07) is -1.24. The summed E-state index contributed by atoms with van der Waals surface area (Å²) in [6.45, 7) is 16.6. The minimum Gasteiger partial charge on any atom is -0.458 e. The number of rotatable bonds is 3. The van der Waals surface area contributed by atoms with Crippen LogP contribution in [0.3, 0.4) is 0 Å². The van der Waals surface area contributed by atoms with E-state index in [9.17, 15) is 14.4 Å². The Hall–Kier alpha value is -2.05. The van der Waals surface area contributed by atoms with Crippen LogP contribution in [0.25, 0.3) is 0 Å². The summed E-state index contributed by atoms with van der Waals surface area (Å²) in [6.07, 6.45) is 1.59. The third-order valence-electron chi connectivity index (χ3n) is 4.63. The first-order valence-corrected chi connectivity index (χ1v) is 9.39. The molecule has 0 aromatic rings. The zero-order valence-electron chi connectivity index (χ0n) is 17.4. The van der Waals surface area contributed by atoms with Crippen molar-refractivity contribution in [2.24, 2.45) is 5.92 Å². The van der Waals surface area contributed by atoms with Gasteiger partial charge in [0.2, 0.25) is 5.91 Å². The normalized spacial score (nSPS) is 28.0. The molecule has 0 aliphatic carbocycles. The van der Waals surface area contributed by atoms with Crippen LogP contribution < -0.4 is 0 Å². The number of amides is 2. The summed E-state index contributed by atoms with van der Waals surface area (Å²) in [7, 11) is 0. The van der Waals surface area contributed by atoms with Crippen molar-refractivity contribution >= 4 is 18.0 Å². The van der Waals surface area contributed by atoms with E-state index in [-0.39, 0.29) is 23.9 Å². The molecule has 2 saturated heterocycles. The minimum absolute atomic E-state index is 0.0485. The Balaban J connectivity index is 2.34. The third-order valence-corrected chi connectivity index (χ3v) is 4.63. The van der Waals surface area contributed by atoms with E-state index in [1.54, 1.807) is 52.5 Å². The molecule has 2 amide bonds. The average Bonchev–Trinajstić information content (AvgIpc) is 3.16. The summed E-state index contributed by atoms with van der Waals surface area (Å²) < 4.78 is 11.1. The first-order chi connectivity index (χ1) is 12.2. The van der Waals surface area contributed by atoms with Gasteiger partial charge in [-0.15, -0.1) is 6.58 Å². The molecule has 0 saturated carbocycles. The van der Waals surface area contributed by atoms with E-state index >= 15 is 0 Å². The summed E-state index contributed by atoms with van der Waals surface area (Å²) in [4.78, 5) is 40.7. The van der Waals surface area contributed by atoms with Gasteiger partial charge in [0, 0.05) is 19.4 Å². The van der Waals surface area contributed by atoms with E-state index in [4.69, 9.17) is 9.47 Å². The highest BCUT2D eigenvalue weighted by molar-refractivity contribution is 5.84. The van der Waals surface area contributed by atoms with Gasteiger partial charge in [0.05, 0.1) is 12.1 Å². The fourth-order valence-corrected chi connectivity index (χ4v) is 3.58. The standard InChI is InChI=1S/C20H32N2O5/c1-9-13-10-14(17(24)26-19(3,4)5)22(18(25)27-20(6,7)8)16(13)15-11-21(15)12(2)23/h9,13-16H,1,10-11H2,2-8H3/t13-,14?,15?,16-,21?/m1/s1. The van der Waals surface area contributed by atoms with Crippen molar-refractivity contribution in [3.63, 3.8) is 0 Å². The van der Waals surface area contributed by atoms with Crippen LogP contribution >= 0.6 is 0 Å². The Morgan fingerprint density at radius 3 is 2.00 bits per heavy atom. The molecule has 2 heterocycles. The Morgan fingerprint density at radius 1 is 1.04 bits per heavy atom. The first kappa shape index (κ1) is 21.3. The van der Waals surface area contributed by atoms with Gasteiger partial charge in [-0.25, -0.2) is 9.59 Å². The lowest BCUT2D eigenvalue weighted by molar-refractivity contribution is -0.160. The maximum Gasteiger partial charge on any atom is 0.411 e. The lowest BCUT2D eigenvalue weighted by atomic mass is 9.96. The molecule has 0 aromatic heterocycles. The van der Waals surface area contributed by atoms with Gasteiger partial charge >= 0.3 is 12.1 Å². The van der Waals surface area contributed by atoms with Gasteiger partial charge in [0.15, 0.2) is 0 Å². The number of ether oxygens (including phenoxy) is 2. The lowest BCUT2D eigenvalue weighted by Crippen LogP contribution is -2.51. The van der Waals surface area contributed by atoms with Gasteiger partial charge in [0.25, 0.3) is 0 Å². The highest BCUT2D eigenvalue weighted by Crippen LogP contribution is 2.40. The minimum atomic E-state index is -0.763. The number of hydrogen-bond donors (Lipinski definition) is 0. The molecule has 2 fully saturated rings. The van der Waals surface area contributed by atoms with Crippen molar-refractivity contribution in [3.05, 3.63) is 12.7 Å². The number of hydrogen-bond acceptors (Lipinski definition) is 5. The molecule has 0 radical (unpaired) electrons. The van der Waals surface area contributed by atoms with Gasteiger partial charge in [-0.1, -0.05) is 6.08 Å². The van der Waals surface area contributed by atoms with E-state index in [0.717, 1.165) is 0 Å². The Bertz CT molecular complexity index is 631. The SMILES string of the molecule is C=C[C@@H]1CC(C(=O)OC(C)(C)C)N(C(=O)OC(C)(C)C)[C@H]1C1CN1C(C)=O. The molecule has 0 N–H and O–H groups in total. The fourth-order valence-electron chi connectivity index (χ4n) is 3.58. The number of esters is 1. The molecule has 2 rings (SSSR count). The number of carbonyl (C=O) groups excluding carboxylic acids is 3. The van der Waals surface area contributed by atoms with Crippen LogP contribution in [-0.4, -0.2) is 63.6 Å². The van der Waals surface area contributed by atoms with Crippen molar-refractivity contribution in [1.82, 2.24) is 9.80 Å². The Morgan fingerprint density at radius 2 is 1.59 bits per heavy atom. The van der Waals surface area contributed by atoms with Crippen LogP contribution in [0.2, 0.25) is 0 Å². The highest BCUT2D eigenvalue weighted by atomic mass is 16.6. The highest BCUT2D eigenvalue weighted by Gasteiger charge is 2.57. The van der Waals surface area contributed by atoms with Crippen LogP contribution in [0.5, 0.6) is 0 Å². The number of carbonyl (C=O) groups is 3. The first-order valence-electron chi connectivity index (χ1n) is 9.39. The topological polar surface area (TPSA) is 75.9 Å². The molecule has 0 bridgehead atoms. The van der Waals surface area contributed by atoms with Crippen LogP contribution in [0.1, 0.15) is 54.9 Å². The summed E-state index contributed by atoms with van der Waals surface area (Å²) >= 11 is 0. The van der Waals surface area contributed by atoms with Crippen molar-refractivity contribution in [1.29, 1.82) is 0 Å². The van der Waals surface area contributed by atoms with E-state index in [2.05, 4.69) is 6.58 Å². The molecule has 152 valence electrons. The predicted octanol–water partition coefficient (Wildman–Crippen LogP) is 2.74. The van der Waals surface area contributed by atoms with Gasteiger partial charge < -0.3 is 14.4 Å². The molecular formula is C20H32N2O5. The Labute approximate surface area is 161 Å². The van der Waals surface area contributed by atoms with E-state index in [1.165, 1.54) is 11.8 Å². The average molecular weight is 380 g/mol. The van der Waals surface area contributed by atoms with Crippen molar-refractivity contribution in [3.8, 4) is 0 Å². The van der Waals surface area contributed by atoms with Crippen molar-refractivity contribution in [2.45, 2.75) is 84.2 Å². The molecule has 7 nitrogen and oxygen atoms in total. The lowest BCUT2D eigenvalue weighted by Gasteiger charge is -2.33. The second-order valence-electron chi connectivity index (χ2n) is 9.30. The predicted molar refractivity (Wildman–Crippen MR) is 101 cm³/mol. The molecule has 0 spiro atoms. The van der Waals surface area contributed by atoms with E-state index in [1.807, 2.05) is 0 Å². The quantitative estimate of drug-likeness (QED) is 0.427. The molecular weight excluding hydrogens is 348 g/mol. The monoisotopic (exact) mass is 380 g/mol. The fraction of sp³-hybridized carbons (Fsp3) is 0.750. The third kappa shape index (κ3) is 5.02. The number of likely N-dealkylation sites (tertiary alicyclic amines) is 1. The molecule has 2 unspecified atom stereocenters. The van der Waals surface area contributed by atoms with Gasteiger partial charge in [-0.2, -0.15) is 0 Å². The van der Waals surface area contributed by atoms with Gasteiger partial charge in [-0.3, -0.25) is 9.69 Å². The molecule has 4 atom stereocenters. The molecule has 2 aliphatic heterocycles. The smallest absolute Gasteiger partial charge is 0.411 e. The molecule has 0 aromatic carbocycles. The molecule has 7 heteroatoms. The maximum atomic E-state index is 13.0. The van der Waals surface area contributed by atoms with Gasteiger partial charge in [-0.05, 0) is 48.0 Å². The van der Waals surface area contributed by atoms with E-state index in [0.29, 0.717) is 13.0 Å². The summed E-state index contributed by atoms with van der Waals surface area (Å²) in [5, 5.41) is 0. The van der Waals surface area contributed by atoms with Crippen molar-refractivity contribution < 1.29 is 23.9 Å². The number of nitrogens with zero attached hydrogens (tertiary/aromatic N) is 2. The van der Waals surface area contributed by atoms with E-state index < -0.39 is 29.3 Å². The van der Waals surface area contributed by atoms with Crippen LogP contribution in [0, 0.1) is 5.92 Å². The molecule has 2 aliphatic rings. The molecule has 27 heavy (non-hydrogen) atoms. The second-order valence-corrected chi connectivity index (χ2v) is 9.30. The van der Waals surface area contributed by atoms with Gasteiger partial charge in [0.1, 0.15) is 17.2 Å². The summed E-state index contributed by atoms with van der Waals surface area (Å²) in [5.41, 5.74) is -1.36. The maximum absolute atomic E-state index is 13.0. The van der Waals surface area contributed by atoms with Crippen LogP contribution in [0.15, 0.2) is 12.7 Å². The van der Waals surface area contributed by atoms with Crippen LogP contribution in [0.4, 0.5) is 4.79 Å². The largest absolute Gasteiger partial charge is 0.458 e. The second kappa shape index (κ2) is 7.17.